The maximum Gasteiger partial charge on any atom is 0.276 e. The Morgan fingerprint density at radius 3 is 2.66 bits per heavy atom. The van der Waals surface area contributed by atoms with Gasteiger partial charge in [-0.3, -0.25) is 20.4 Å². The summed E-state index contributed by atoms with van der Waals surface area (Å²) in [6, 6.07) is 7.11. The molecule has 0 aliphatic heterocycles. The zero-order valence-corrected chi connectivity index (χ0v) is 19.2. The minimum absolute atomic E-state index is 0.205. The van der Waals surface area contributed by atoms with Crippen molar-refractivity contribution in [2.24, 2.45) is 0 Å². The highest BCUT2D eigenvalue weighted by Crippen LogP contribution is 2.35. The molecule has 10 heteroatoms. The van der Waals surface area contributed by atoms with Gasteiger partial charge in [0.15, 0.2) is 6.61 Å². The van der Waals surface area contributed by atoms with E-state index in [0.29, 0.717) is 5.75 Å². The molecule has 0 bridgehead atoms. The lowest BCUT2D eigenvalue weighted by Gasteiger charge is -2.13. The topological polar surface area (TPSA) is 93.2 Å². The second-order valence-corrected chi connectivity index (χ2v) is 9.63. The smallest absolute Gasteiger partial charge is 0.276 e. The second-order valence-electron chi connectivity index (χ2n) is 6.18. The Balaban J connectivity index is 1.52. The highest BCUT2D eigenvalue weighted by atomic mass is 79.9. The summed E-state index contributed by atoms with van der Waals surface area (Å²) in [7, 11) is 0. The maximum atomic E-state index is 12.4. The van der Waals surface area contributed by atoms with Crippen LogP contribution in [0.2, 0.25) is 0 Å². The van der Waals surface area contributed by atoms with Gasteiger partial charge in [0.1, 0.15) is 21.9 Å². The first-order valence-corrected chi connectivity index (χ1v) is 11.2. The second kappa shape index (κ2) is 9.55. The number of halogens is 1. The van der Waals surface area contributed by atoms with Gasteiger partial charge in [-0.05, 0) is 50.6 Å². The summed E-state index contributed by atoms with van der Waals surface area (Å²) < 4.78 is 6.29. The van der Waals surface area contributed by atoms with Gasteiger partial charge in [-0.1, -0.05) is 27.7 Å². The zero-order chi connectivity index (χ0) is 21.0. The summed E-state index contributed by atoms with van der Waals surface area (Å²) in [6.45, 7) is 5.62. The number of hydrazine groups is 1. The van der Waals surface area contributed by atoms with E-state index in [0.717, 1.165) is 25.3 Å². The molecule has 1 unspecified atom stereocenters. The number of amides is 2. The quantitative estimate of drug-likeness (QED) is 0.307. The average Bonchev–Trinajstić information content (AvgIpc) is 3.00. The molecule has 3 rings (SSSR count). The van der Waals surface area contributed by atoms with E-state index in [2.05, 4.69) is 36.7 Å². The third-order valence-electron chi connectivity index (χ3n) is 4.10. The summed E-state index contributed by atoms with van der Waals surface area (Å²) in [5, 5.41) is 1.27. The van der Waals surface area contributed by atoms with E-state index < -0.39 is 11.2 Å². The van der Waals surface area contributed by atoms with Crippen LogP contribution < -0.4 is 15.6 Å². The van der Waals surface area contributed by atoms with Crippen molar-refractivity contribution in [2.75, 3.05) is 6.61 Å². The summed E-state index contributed by atoms with van der Waals surface area (Å²) >= 11 is 6.27. The van der Waals surface area contributed by atoms with Crippen molar-refractivity contribution < 1.29 is 14.3 Å². The molecule has 7 nitrogen and oxygen atoms in total. The number of ether oxygens (including phenoxy) is 1. The largest absolute Gasteiger partial charge is 0.484 e. The molecule has 0 saturated carbocycles. The molecule has 152 valence electrons. The number of fused-ring (bicyclic) bond motifs is 1. The van der Waals surface area contributed by atoms with E-state index in [9.17, 15) is 9.59 Å². The molecule has 0 spiro atoms. The molecule has 0 aliphatic rings. The van der Waals surface area contributed by atoms with Crippen LogP contribution in [0.4, 0.5) is 0 Å². The van der Waals surface area contributed by atoms with Gasteiger partial charge in [0.05, 0.1) is 5.25 Å². The van der Waals surface area contributed by atoms with E-state index >= 15 is 0 Å². The van der Waals surface area contributed by atoms with Gasteiger partial charge in [0.25, 0.3) is 11.8 Å². The predicted molar refractivity (Wildman–Crippen MR) is 118 cm³/mol. The Labute approximate surface area is 184 Å². The fourth-order valence-corrected chi connectivity index (χ4v) is 4.71. The first-order valence-electron chi connectivity index (χ1n) is 8.69. The molecule has 0 saturated heterocycles. The molecule has 2 N–H and O–H groups in total. The van der Waals surface area contributed by atoms with Gasteiger partial charge >= 0.3 is 0 Å². The number of benzene rings is 1. The monoisotopic (exact) mass is 494 g/mol. The lowest BCUT2D eigenvalue weighted by molar-refractivity contribution is -0.129. The van der Waals surface area contributed by atoms with E-state index in [4.69, 9.17) is 4.74 Å². The number of aromatic nitrogens is 2. The summed E-state index contributed by atoms with van der Waals surface area (Å²) in [5.74, 6) is -0.219. The van der Waals surface area contributed by atoms with Crippen molar-refractivity contribution in [3.05, 3.63) is 45.5 Å². The fraction of sp³-hybridized carbons (Fsp3) is 0.263. The Kier molecular flexibility index (Phi) is 7.09. The molecule has 1 aromatic carbocycles. The lowest BCUT2D eigenvalue weighted by Crippen LogP contribution is -2.46. The standard InChI is InChI=1S/C19H19BrN4O3S2/c1-10-11(2)28-18-16(10)19(22-9-21-18)29-12(3)17(26)24-23-15(25)8-27-14-6-4-13(20)5-7-14/h4-7,9,12H,8H2,1-3H3,(H,23,25)(H,24,26). The molecule has 3 aromatic rings. The van der Waals surface area contributed by atoms with Crippen molar-refractivity contribution in [1.29, 1.82) is 0 Å². The van der Waals surface area contributed by atoms with Crippen LogP contribution in [0.1, 0.15) is 17.4 Å². The molecule has 0 radical (unpaired) electrons. The average molecular weight is 495 g/mol. The summed E-state index contributed by atoms with van der Waals surface area (Å²) in [4.78, 5) is 35.0. The predicted octanol–water partition coefficient (Wildman–Crippen LogP) is 3.78. The maximum absolute atomic E-state index is 12.4. The molecular weight excluding hydrogens is 476 g/mol. The SMILES string of the molecule is Cc1sc2ncnc(SC(C)C(=O)NNC(=O)COc3ccc(Br)cc3)c2c1C. The first-order chi connectivity index (χ1) is 13.8. The van der Waals surface area contributed by atoms with Crippen molar-refractivity contribution in [3.63, 3.8) is 0 Å². The Bertz CT molecular complexity index is 1040. The molecule has 29 heavy (non-hydrogen) atoms. The summed E-state index contributed by atoms with van der Waals surface area (Å²) in [5.41, 5.74) is 5.92. The van der Waals surface area contributed by atoms with Crippen LogP contribution >= 0.6 is 39.0 Å². The van der Waals surface area contributed by atoms with Crippen molar-refractivity contribution in [1.82, 2.24) is 20.8 Å². The number of rotatable bonds is 6. The van der Waals surface area contributed by atoms with Crippen LogP contribution in [0, 0.1) is 13.8 Å². The van der Waals surface area contributed by atoms with Crippen LogP contribution in [0.3, 0.4) is 0 Å². The normalized spacial score (nSPS) is 11.9. The van der Waals surface area contributed by atoms with Crippen molar-refractivity contribution in [3.8, 4) is 5.75 Å². The molecule has 0 aliphatic carbocycles. The molecule has 2 aromatic heterocycles. The number of carbonyl (C=O) groups is 2. The van der Waals surface area contributed by atoms with E-state index in [1.54, 1.807) is 30.4 Å². The van der Waals surface area contributed by atoms with Crippen LogP contribution in [0.15, 0.2) is 40.1 Å². The molecular formula is C19H19BrN4O3S2. The van der Waals surface area contributed by atoms with E-state index in [1.165, 1.54) is 23.0 Å². The van der Waals surface area contributed by atoms with Crippen molar-refractivity contribution in [2.45, 2.75) is 31.0 Å². The number of thioether (sulfide) groups is 1. The van der Waals surface area contributed by atoms with Gasteiger partial charge in [-0.25, -0.2) is 9.97 Å². The number of nitrogens with zero attached hydrogens (tertiary/aromatic N) is 2. The molecule has 0 fully saturated rings. The third kappa shape index (κ3) is 5.46. The lowest BCUT2D eigenvalue weighted by atomic mass is 10.2. The number of hydrogen-bond donors (Lipinski definition) is 2. The van der Waals surface area contributed by atoms with Crippen LogP contribution in [0.25, 0.3) is 10.2 Å². The van der Waals surface area contributed by atoms with Crippen LogP contribution in [-0.2, 0) is 9.59 Å². The van der Waals surface area contributed by atoms with Gasteiger partial charge in [-0.15, -0.1) is 11.3 Å². The third-order valence-corrected chi connectivity index (χ3v) is 6.84. The number of carbonyl (C=O) groups excluding carboxylic acids is 2. The van der Waals surface area contributed by atoms with Crippen LogP contribution in [0.5, 0.6) is 5.75 Å². The Morgan fingerprint density at radius 1 is 1.21 bits per heavy atom. The van der Waals surface area contributed by atoms with Gasteiger partial charge in [0, 0.05) is 14.7 Å². The van der Waals surface area contributed by atoms with E-state index in [1.807, 2.05) is 26.0 Å². The highest BCUT2D eigenvalue weighted by Gasteiger charge is 2.19. The Morgan fingerprint density at radius 2 is 1.93 bits per heavy atom. The number of hydrogen-bond acceptors (Lipinski definition) is 7. The zero-order valence-electron chi connectivity index (χ0n) is 16.0. The van der Waals surface area contributed by atoms with Crippen LogP contribution in [-0.4, -0.2) is 33.6 Å². The minimum atomic E-state index is -0.458. The fourth-order valence-electron chi connectivity index (χ4n) is 2.41. The highest BCUT2D eigenvalue weighted by molar-refractivity contribution is 9.10. The van der Waals surface area contributed by atoms with Crippen molar-refractivity contribution >= 4 is 61.1 Å². The number of nitrogens with one attached hydrogen (secondary N) is 2. The van der Waals surface area contributed by atoms with Gasteiger partial charge in [0.2, 0.25) is 0 Å². The number of thiophene rings is 1. The van der Waals surface area contributed by atoms with Gasteiger partial charge < -0.3 is 4.74 Å². The molecule has 2 heterocycles. The van der Waals surface area contributed by atoms with Gasteiger partial charge in [-0.2, -0.15) is 0 Å². The first kappa shape index (κ1) is 21.5. The molecule has 1 atom stereocenters. The minimum Gasteiger partial charge on any atom is -0.484 e. The number of aryl methyl sites for hydroxylation is 2. The summed E-state index contributed by atoms with van der Waals surface area (Å²) in [6.07, 6.45) is 1.51. The molecule has 2 amide bonds. The Hall–Kier alpha value is -2.17. The van der Waals surface area contributed by atoms with E-state index in [-0.39, 0.29) is 12.5 Å².